The van der Waals surface area contributed by atoms with Crippen LogP contribution in [-0.4, -0.2) is 12.3 Å². The molecule has 0 aliphatic heterocycles. The predicted molar refractivity (Wildman–Crippen MR) is 82.6 cm³/mol. The standard InChI is InChI=1S/C13H20N2.HI/c1-9(2)11-5-6-13(15-10(3)4)12(7-11)8-14;/h5-10,14-15H,1-4H3;1H. The Kier molecular flexibility index (Phi) is 6.64. The van der Waals surface area contributed by atoms with Gasteiger partial charge in [-0.15, -0.1) is 24.0 Å². The quantitative estimate of drug-likeness (QED) is 0.628. The maximum absolute atomic E-state index is 7.40. The molecule has 0 radical (unpaired) electrons. The van der Waals surface area contributed by atoms with E-state index >= 15 is 0 Å². The van der Waals surface area contributed by atoms with Gasteiger partial charge in [0.2, 0.25) is 0 Å². The van der Waals surface area contributed by atoms with Crippen LogP contribution in [0.4, 0.5) is 5.69 Å². The first-order valence-corrected chi connectivity index (χ1v) is 5.45. The molecule has 3 heteroatoms. The molecule has 0 saturated heterocycles. The summed E-state index contributed by atoms with van der Waals surface area (Å²) in [6.07, 6.45) is 1.41. The summed E-state index contributed by atoms with van der Waals surface area (Å²) in [5.74, 6) is 0.511. The van der Waals surface area contributed by atoms with Gasteiger partial charge in [-0.2, -0.15) is 0 Å². The number of hydrogen-bond acceptors (Lipinski definition) is 2. The maximum Gasteiger partial charge on any atom is 0.0431 e. The largest absolute Gasteiger partial charge is 0.382 e. The van der Waals surface area contributed by atoms with Gasteiger partial charge in [-0.05, 0) is 37.5 Å². The highest BCUT2D eigenvalue weighted by molar-refractivity contribution is 14.0. The van der Waals surface area contributed by atoms with E-state index in [4.69, 9.17) is 5.41 Å². The Morgan fingerprint density at radius 1 is 1.19 bits per heavy atom. The Hall–Kier alpha value is -0.580. The summed E-state index contributed by atoms with van der Waals surface area (Å²) in [7, 11) is 0. The summed E-state index contributed by atoms with van der Waals surface area (Å²) in [5, 5.41) is 10.7. The van der Waals surface area contributed by atoms with Crippen LogP contribution in [0.25, 0.3) is 0 Å². The summed E-state index contributed by atoms with van der Waals surface area (Å²) >= 11 is 0. The molecule has 0 saturated carbocycles. The molecule has 0 aliphatic carbocycles. The maximum atomic E-state index is 7.40. The van der Waals surface area contributed by atoms with Crippen LogP contribution in [0.3, 0.4) is 0 Å². The van der Waals surface area contributed by atoms with Gasteiger partial charge in [0, 0.05) is 23.5 Å². The third kappa shape index (κ3) is 4.12. The van der Waals surface area contributed by atoms with Gasteiger partial charge in [0.15, 0.2) is 0 Å². The molecule has 2 nitrogen and oxygen atoms in total. The number of anilines is 1. The molecule has 90 valence electrons. The second kappa shape index (κ2) is 6.89. The van der Waals surface area contributed by atoms with E-state index < -0.39 is 0 Å². The molecule has 0 amide bonds. The van der Waals surface area contributed by atoms with Crippen LogP contribution in [0.5, 0.6) is 0 Å². The minimum Gasteiger partial charge on any atom is -0.382 e. The van der Waals surface area contributed by atoms with E-state index in [2.05, 4.69) is 51.2 Å². The van der Waals surface area contributed by atoms with Gasteiger partial charge in [0.05, 0.1) is 0 Å². The molecule has 0 aromatic heterocycles. The second-order valence-electron chi connectivity index (χ2n) is 4.44. The lowest BCUT2D eigenvalue weighted by molar-refractivity contribution is 0.864. The van der Waals surface area contributed by atoms with E-state index in [1.807, 2.05) is 0 Å². The third-order valence-electron chi connectivity index (χ3n) is 2.34. The van der Waals surface area contributed by atoms with Crippen molar-refractivity contribution in [2.45, 2.75) is 39.7 Å². The number of hydrogen-bond donors (Lipinski definition) is 2. The first-order chi connectivity index (χ1) is 7.04. The molecule has 0 spiro atoms. The number of rotatable bonds is 4. The fourth-order valence-electron chi connectivity index (χ4n) is 1.50. The van der Waals surface area contributed by atoms with Crippen molar-refractivity contribution in [3.8, 4) is 0 Å². The van der Waals surface area contributed by atoms with E-state index in [-0.39, 0.29) is 24.0 Å². The van der Waals surface area contributed by atoms with Crippen molar-refractivity contribution >= 4 is 35.9 Å². The van der Waals surface area contributed by atoms with Crippen LogP contribution in [-0.2, 0) is 0 Å². The van der Waals surface area contributed by atoms with Crippen LogP contribution in [0.2, 0.25) is 0 Å². The minimum atomic E-state index is 0. The van der Waals surface area contributed by atoms with Crippen LogP contribution >= 0.6 is 24.0 Å². The molecule has 0 bridgehead atoms. The van der Waals surface area contributed by atoms with Crippen molar-refractivity contribution in [2.24, 2.45) is 0 Å². The minimum absolute atomic E-state index is 0. The van der Waals surface area contributed by atoms with Crippen molar-refractivity contribution in [3.63, 3.8) is 0 Å². The summed E-state index contributed by atoms with van der Waals surface area (Å²) in [6.45, 7) is 8.53. The first kappa shape index (κ1) is 15.4. The van der Waals surface area contributed by atoms with Crippen LogP contribution in [0.15, 0.2) is 18.2 Å². The highest BCUT2D eigenvalue weighted by Crippen LogP contribution is 2.21. The smallest absolute Gasteiger partial charge is 0.0431 e. The van der Waals surface area contributed by atoms with Crippen LogP contribution in [0, 0.1) is 5.41 Å². The van der Waals surface area contributed by atoms with Crippen molar-refractivity contribution in [2.75, 3.05) is 5.32 Å². The van der Waals surface area contributed by atoms with E-state index in [0.29, 0.717) is 12.0 Å². The molecule has 0 heterocycles. The zero-order valence-electron chi connectivity index (χ0n) is 10.4. The van der Waals surface area contributed by atoms with Crippen LogP contribution in [0.1, 0.15) is 44.7 Å². The Morgan fingerprint density at radius 2 is 1.81 bits per heavy atom. The summed E-state index contributed by atoms with van der Waals surface area (Å²) in [5.41, 5.74) is 3.29. The fraction of sp³-hybridized carbons (Fsp3) is 0.462. The van der Waals surface area contributed by atoms with Gasteiger partial charge < -0.3 is 10.7 Å². The fourth-order valence-corrected chi connectivity index (χ4v) is 1.50. The number of nitrogens with one attached hydrogen (secondary N) is 2. The topological polar surface area (TPSA) is 35.9 Å². The molecular formula is C13H21IN2. The molecule has 1 rings (SSSR count). The van der Waals surface area contributed by atoms with Crippen molar-refractivity contribution in [3.05, 3.63) is 29.3 Å². The lowest BCUT2D eigenvalue weighted by atomic mass is 10.00. The molecule has 0 fully saturated rings. The highest BCUT2D eigenvalue weighted by Gasteiger charge is 2.05. The van der Waals surface area contributed by atoms with Gasteiger partial charge in [0.1, 0.15) is 0 Å². The molecule has 0 atom stereocenters. The average molecular weight is 332 g/mol. The van der Waals surface area contributed by atoms with Gasteiger partial charge >= 0.3 is 0 Å². The lowest BCUT2D eigenvalue weighted by Gasteiger charge is -2.14. The third-order valence-corrected chi connectivity index (χ3v) is 2.34. The summed E-state index contributed by atoms with van der Waals surface area (Å²) in [4.78, 5) is 0. The van der Waals surface area contributed by atoms with Gasteiger partial charge in [0.25, 0.3) is 0 Å². The first-order valence-electron chi connectivity index (χ1n) is 5.45. The molecule has 0 unspecified atom stereocenters. The summed E-state index contributed by atoms with van der Waals surface area (Å²) < 4.78 is 0. The van der Waals surface area contributed by atoms with Crippen molar-refractivity contribution in [1.29, 1.82) is 5.41 Å². The molecule has 2 N–H and O–H groups in total. The molecular weight excluding hydrogens is 311 g/mol. The van der Waals surface area contributed by atoms with E-state index in [1.165, 1.54) is 11.8 Å². The van der Waals surface area contributed by atoms with E-state index in [0.717, 1.165) is 11.3 Å². The van der Waals surface area contributed by atoms with E-state index in [1.54, 1.807) is 0 Å². The Labute approximate surface area is 115 Å². The molecule has 1 aromatic rings. The molecule has 16 heavy (non-hydrogen) atoms. The molecule has 1 aromatic carbocycles. The monoisotopic (exact) mass is 332 g/mol. The van der Waals surface area contributed by atoms with Gasteiger partial charge in [-0.3, -0.25) is 0 Å². The Morgan fingerprint density at radius 3 is 2.25 bits per heavy atom. The Balaban J connectivity index is 0.00000225. The highest BCUT2D eigenvalue weighted by atomic mass is 127. The SMILES string of the molecule is CC(C)Nc1ccc(C(C)C)cc1C=N.I. The van der Waals surface area contributed by atoms with Gasteiger partial charge in [-0.25, -0.2) is 0 Å². The molecule has 0 aliphatic rings. The zero-order chi connectivity index (χ0) is 11.4. The second-order valence-corrected chi connectivity index (χ2v) is 4.44. The van der Waals surface area contributed by atoms with Crippen LogP contribution < -0.4 is 5.32 Å². The zero-order valence-corrected chi connectivity index (χ0v) is 12.7. The van der Waals surface area contributed by atoms with Crippen molar-refractivity contribution in [1.82, 2.24) is 0 Å². The Bertz CT molecular complexity index is 346. The number of halogens is 1. The average Bonchev–Trinajstić information content (AvgIpc) is 2.17. The van der Waals surface area contributed by atoms with Gasteiger partial charge in [-0.1, -0.05) is 19.9 Å². The number of benzene rings is 1. The summed E-state index contributed by atoms with van der Waals surface area (Å²) in [6, 6.07) is 6.68. The predicted octanol–water partition coefficient (Wildman–Crippen LogP) is 4.25. The normalized spacial score (nSPS) is 10.1. The van der Waals surface area contributed by atoms with Crippen molar-refractivity contribution < 1.29 is 0 Å². The lowest BCUT2D eigenvalue weighted by Crippen LogP contribution is -2.11. The van der Waals surface area contributed by atoms with E-state index in [9.17, 15) is 0 Å².